The summed E-state index contributed by atoms with van der Waals surface area (Å²) in [4.78, 5) is 9.33. The predicted molar refractivity (Wildman–Crippen MR) is 76.0 cm³/mol. The Hall–Kier alpha value is -1.74. The molecule has 19 heavy (non-hydrogen) atoms. The third-order valence-electron chi connectivity index (χ3n) is 3.87. The molecule has 1 aliphatic heterocycles. The molecule has 0 spiro atoms. The number of nitrogens with one attached hydrogen (secondary N) is 1. The lowest BCUT2D eigenvalue weighted by Crippen LogP contribution is -2.04. The second-order valence-corrected chi connectivity index (χ2v) is 5.35. The van der Waals surface area contributed by atoms with E-state index in [9.17, 15) is 0 Å². The van der Waals surface area contributed by atoms with Gasteiger partial charge in [-0.2, -0.15) is 0 Å². The van der Waals surface area contributed by atoms with Crippen molar-refractivity contribution >= 4 is 0 Å². The Morgan fingerprint density at radius 3 is 2.68 bits per heavy atom. The van der Waals surface area contributed by atoms with Crippen LogP contribution in [0.15, 0.2) is 18.2 Å². The van der Waals surface area contributed by atoms with E-state index >= 15 is 0 Å². The van der Waals surface area contributed by atoms with Crippen molar-refractivity contribution < 1.29 is 0 Å². The number of nitrogens with zero attached hydrogens (tertiary/aromatic N) is 2. The highest BCUT2D eigenvalue weighted by Crippen LogP contribution is 2.18. The van der Waals surface area contributed by atoms with Crippen LogP contribution in [0, 0.1) is 20.8 Å². The van der Waals surface area contributed by atoms with Crippen LogP contribution in [0.3, 0.4) is 0 Å². The molecule has 0 saturated carbocycles. The summed E-state index contributed by atoms with van der Waals surface area (Å²) in [6, 6.07) is 6.58. The molecule has 2 heterocycles. The van der Waals surface area contributed by atoms with Crippen LogP contribution in [0.2, 0.25) is 0 Å². The van der Waals surface area contributed by atoms with Gasteiger partial charge in [-0.25, -0.2) is 9.97 Å². The molecule has 1 N–H and O–H groups in total. The SMILES string of the molecule is Cc1ccc(Cc2nc(C)c3c(n2)CNC3)cc1C. The fourth-order valence-corrected chi connectivity index (χ4v) is 2.58. The minimum atomic E-state index is 0.815. The molecule has 1 aromatic carbocycles. The van der Waals surface area contributed by atoms with Crippen LogP contribution in [-0.4, -0.2) is 9.97 Å². The average molecular weight is 253 g/mol. The Bertz CT molecular complexity index is 632. The second kappa shape index (κ2) is 4.74. The number of benzene rings is 1. The fourth-order valence-electron chi connectivity index (χ4n) is 2.58. The maximum atomic E-state index is 4.69. The van der Waals surface area contributed by atoms with Crippen molar-refractivity contribution in [3.8, 4) is 0 Å². The van der Waals surface area contributed by atoms with Crippen LogP contribution in [0.4, 0.5) is 0 Å². The van der Waals surface area contributed by atoms with Gasteiger partial charge in [0.25, 0.3) is 0 Å². The first kappa shape index (κ1) is 12.3. The molecule has 0 atom stereocenters. The van der Waals surface area contributed by atoms with Gasteiger partial charge in [0.05, 0.1) is 5.69 Å². The number of hydrogen-bond acceptors (Lipinski definition) is 3. The van der Waals surface area contributed by atoms with E-state index < -0.39 is 0 Å². The highest BCUT2D eigenvalue weighted by Gasteiger charge is 2.16. The Morgan fingerprint density at radius 1 is 1.05 bits per heavy atom. The van der Waals surface area contributed by atoms with Crippen molar-refractivity contribution in [1.29, 1.82) is 0 Å². The molecule has 3 heteroatoms. The molecule has 0 aliphatic carbocycles. The molecule has 0 unspecified atom stereocenters. The summed E-state index contributed by atoms with van der Waals surface area (Å²) in [5.41, 5.74) is 7.52. The number of aryl methyl sites for hydroxylation is 3. The zero-order valence-corrected chi connectivity index (χ0v) is 11.7. The molecule has 0 bridgehead atoms. The van der Waals surface area contributed by atoms with Gasteiger partial charge in [0.2, 0.25) is 0 Å². The van der Waals surface area contributed by atoms with Gasteiger partial charge in [0, 0.05) is 30.8 Å². The van der Waals surface area contributed by atoms with Crippen LogP contribution in [-0.2, 0) is 19.5 Å². The van der Waals surface area contributed by atoms with Crippen LogP contribution >= 0.6 is 0 Å². The minimum Gasteiger partial charge on any atom is -0.307 e. The van der Waals surface area contributed by atoms with Crippen LogP contribution in [0.5, 0.6) is 0 Å². The van der Waals surface area contributed by atoms with Crippen molar-refractivity contribution in [2.24, 2.45) is 0 Å². The summed E-state index contributed by atoms with van der Waals surface area (Å²) < 4.78 is 0. The lowest BCUT2D eigenvalue weighted by atomic mass is 10.0. The van der Waals surface area contributed by atoms with Crippen molar-refractivity contribution in [3.05, 3.63) is 57.7 Å². The largest absolute Gasteiger partial charge is 0.307 e. The molecular formula is C16H19N3. The Balaban J connectivity index is 1.91. The summed E-state index contributed by atoms with van der Waals surface area (Å²) in [5, 5.41) is 3.33. The smallest absolute Gasteiger partial charge is 0.133 e. The van der Waals surface area contributed by atoms with Gasteiger partial charge in [-0.15, -0.1) is 0 Å². The van der Waals surface area contributed by atoms with E-state index in [1.54, 1.807) is 0 Å². The molecule has 98 valence electrons. The molecule has 1 aromatic heterocycles. The van der Waals surface area contributed by atoms with E-state index in [0.717, 1.165) is 31.0 Å². The molecule has 3 rings (SSSR count). The van der Waals surface area contributed by atoms with Crippen molar-refractivity contribution in [3.63, 3.8) is 0 Å². The Morgan fingerprint density at radius 2 is 1.89 bits per heavy atom. The second-order valence-electron chi connectivity index (χ2n) is 5.35. The third kappa shape index (κ3) is 2.38. The number of rotatable bonds is 2. The zero-order chi connectivity index (χ0) is 13.4. The fraction of sp³-hybridized carbons (Fsp3) is 0.375. The molecule has 0 saturated heterocycles. The lowest BCUT2D eigenvalue weighted by molar-refractivity contribution is 0.755. The molecule has 2 aromatic rings. The predicted octanol–water partition coefficient (Wildman–Crippen LogP) is 2.60. The van der Waals surface area contributed by atoms with Gasteiger partial charge in [0.15, 0.2) is 0 Å². The van der Waals surface area contributed by atoms with E-state index in [0.29, 0.717) is 0 Å². The van der Waals surface area contributed by atoms with Gasteiger partial charge in [0.1, 0.15) is 5.82 Å². The maximum absolute atomic E-state index is 4.69. The third-order valence-corrected chi connectivity index (χ3v) is 3.87. The number of aromatic nitrogens is 2. The first-order valence-electron chi connectivity index (χ1n) is 6.75. The Kier molecular flexibility index (Phi) is 3.07. The van der Waals surface area contributed by atoms with Gasteiger partial charge in [-0.1, -0.05) is 18.2 Å². The van der Waals surface area contributed by atoms with Crippen LogP contribution < -0.4 is 5.32 Å². The van der Waals surface area contributed by atoms with E-state index in [-0.39, 0.29) is 0 Å². The summed E-state index contributed by atoms with van der Waals surface area (Å²) in [5.74, 6) is 0.934. The molecule has 1 aliphatic rings. The van der Waals surface area contributed by atoms with Crippen LogP contribution in [0.25, 0.3) is 0 Å². The molecule has 0 radical (unpaired) electrons. The van der Waals surface area contributed by atoms with E-state index in [4.69, 9.17) is 0 Å². The summed E-state index contributed by atoms with van der Waals surface area (Å²) >= 11 is 0. The first-order valence-corrected chi connectivity index (χ1v) is 6.75. The Labute approximate surface area is 114 Å². The molecular weight excluding hydrogens is 234 g/mol. The van der Waals surface area contributed by atoms with E-state index in [1.165, 1.54) is 27.9 Å². The van der Waals surface area contributed by atoms with Gasteiger partial charge < -0.3 is 5.32 Å². The van der Waals surface area contributed by atoms with Gasteiger partial charge in [-0.3, -0.25) is 0 Å². The highest BCUT2D eigenvalue weighted by molar-refractivity contribution is 5.33. The van der Waals surface area contributed by atoms with Gasteiger partial charge in [-0.05, 0) is 37.5 Å². The van der Waals surface area contributed by atoms with E-state index in [1.807, 2.05) is 0 Å². The number of fused-ring (bicyclic) bond motifs is 1. The van der Waals surface area contributed by atoms with Crippen molar-refractivity contribution in [2.75, 3.05) is 0 Å². The molecule has 3 nitrogen and oxygen atoms in total. The van der Waals surface area contributed by atoms with Crippen molar-refractivity contribution in [1.82, 2.24) is 15.3 Å². The lowest BCUT2D eigenvalue weighted by Gasteiger charge is -2.08. The topological polar surface area (TPSA) is 37.8 Å². The average Bonchev–Trinajstić information content (AvgIpc) is 2.82. The first-order chi connectivity index (χ1) is 9.13. The summed E-state index contributed by atoms with van der Waals surface area (Å²) in [6.07, 6.45) is 0.815. The monoisotopic (exact) mass is 253 g/mol. The zero-order valence-electron chi connectivity index (χ0n) is 11.7. The summed E-state index contributed by atoms with van der Waals surface area (Å²) in [7, 11) is 0. The normalized spacial score (nSPS) is 13.6. The number of hydrogen-bond donors (Lipinski definition) is 1. The standard InChI is InChI=1S/C16H19N3/c1-10-4-5-13(6-11(10)2)7-16-18-12(3)14-8-17-9-15(14)19-16/h4-6,17H,7-9H2,1-3H3. The maximum Gasteiger partial charge on any atom is 0.133 e. The van der Waals surface area contributed by atoms with Gasteiger partial charge >= 0.3 is 0 Å². The molecule has 0 fully saturated rings. The highest BCUT2D eigenvalue weighted by atomic mass is 15.0. The van der Waals surface area contributed by atoms with Crippen molar-refractivity contribution in [2.45, 2.75) is 40.3 Å². The summed E-state index contributed by atoms with van der Waals surface area (Å²) in [6.45, 7) is 8.15. The van der Waals surface area contributed by atoms with E-state index in [2.05, 4.69) is 54.3 Å². The quantitative estimate of drug-likeness (QED) is 0.894. The minimum absolute atomic E-state index is 0.815. The molecule has 0 amide bonds. The van der Waals surface area contributed by atoms with Crippen LogP contribution in [0.1, 0.15) is 39.5 Å².